The van der Waals surface area contributed by atoms with E-state index in [0.717, 1.165) is 9.87 Å². The van der Waals surface area contributed by atoms with Crippen LogP contribution >= 0.6 is 23.2 Å². The number of halogens is 2. The molecule has 8 nitrogen and oxygen atoms in total. The number of ether oxygens (including phenoxy) is 1. The van der Waals surface area contributed by atoms with E-state index in [1.807, 2.05) is 0 Å². The third kappa shape index (κ3) is 6.98. The molecule has 3 aromatic rings. The Morgan fingerprint density at radius 3 is 1.97 bits per heavy atom. The largest absolute Gasteiger partial charge is 0.497 e. The van der Waals surface area contributed by atoms with Gasteiger partial charge in [-0.25, -0.2) is 8.42 Å². The minimum absolute atomic E-state index is 0.0244. The highest BCUT2D eigenvalue weighted by Crippen LogP contribution is 2.27. The lowest BCUT2D eigenvalue weighted by atomic mass is 10.1. The summed E-state index contributed by atoms with van der Waals surface area (Å²) >= 11 is 12.1. The Morgan fingerprint density at radius 1 is 0.921 bits per heavy atom. The van der Waals surface area contributed by atoms with Crippen molar-refractivity contribution in [1.29, 1.82) is 0 Å². The lowest BCUT2D eigenvalue weighted by Gasteiger charge is -2.33. The van der Waals surface area contributed by atoms with Gasteiger partial charge in [-0.05, 0) is 72.6 Å². The monoisotopic (exact) mass is 577 g/mol. The number of anilines is 1. The molecule has 0 radical (unpaired) electrons. The maximum atomic E-state index is 13.8. The summed E-state index contributed by atoms with van der Waals surface area (Å²) in [4.78, 5) is 27.9. The van der Waals surface area contributed by atoms with Crippen LogP contribution in [-0.4, -0.2) is 51.9 Å². The molecule has 0 spiro atoms. The molecule has 0 saturated heterocycles. The molecule has 0 bridgehead atoms. The Balaban J connectivity index is 2.04. The highest BCUT2D eigenvalue weighted by Gasteiger charge is 2.33. The number of carbonyl (C=O) groups excluding carboxylic acids is 2. The summed E-state index contributed by atoms with van der Waals surface area (Å²) in [5.74, 6) is -0.420. The predicted molar refractivity (Wildman–Crippen MR) is 149 cm³/mol. The van der Waals surface area contributed by atoms with E-state index in [4.69, 9.17) is 27.9 Å². The Kier molecular flexibility index (Phi) is 10.0. The van der Waals surface area contributed by atoms with Crippen LogP contribution in [0.15, 0.2) is 77.7 Å². The number of methoxy groups -OCH3 is 1. The number of carbonyl (C=O) groups is 2. The molecule has 2 amide bonds. The van der Waals surface area contributed by atoms with Crippen molar-refractivity contribution in [3.05, 3.63) is 88.4 Å². The number of nitrogens with zero attached hydrogens (tertiary/aromatic N) is 2. The van der Waals surface area contributed by atoms with Crippen LogP contribution < -0.4 is 14.4 Å². The first-order chi connectivity index (χ1) is 18.1. The van der Waals surface area contributed by atoms with Crippen LogP contribution in [0.25, 0.3) is 0 Å². The summed E-state index contributed by atoms with van der Waals surface area (Å²) in [6.45, 7) is 1.32. The number of amides is 2. The summed E-state index contributed by atoms with van der Waals surface area (Å²) in [6, 6.07) is 18.1. The molecule has 3 rings (SSSR count). The van der Waals surface area contributed by atoms with E-state index in [2.05, 4.69) is 5.32 Å². The molecule has 0 aliphatic carbocycles. The van der Waals surface area contributed by atoms with Crippen LogP contribution in [0, 0.1) is 0 Å². The topological polar surface area (TPSA) is 96.0 Å². The number of hydrogen-bond donors (Lipinski definition) is 1. The SMILES string of the molecule is CC[C@H](C(=O)NC)N(Cc1ccc(Cl)cc1)C(=O)CN(c1ccc(Cl)cc1)S(=O)(=O)c1ccc(OC)cc1. The number of hydrogen-bond acceptors (Lipinski definition) is 5. The maximum Gasteiger partial charge on any atom is 0.264 e. The Morgan fingerprint density at radius 2 is 1.47 bits per heavy atom. The van der Waals surface area contributed by atoms with Gasteiger partial charge in [0.15, 0.2) is 0 Å². The highest BCUT2D eigenvalue weighted by molar-refractivity contribution is 7.92. The van der Waals surface area contributed by atoms with Crippen molar-refractivity contribution in [2.45, 2.75) is 30.8 Å². The molecule has 0 unspecified atom stereocenters. The summed E-state index contributed by atoms with van der Waals surface area (Å²) in [7, 11) is -1.22. The highest BCUT2D eigenvalue weighted by atomic mass is 35.5. The average molecular weight is 579 g/mol. The number of sulfonamides is 1. The van der Waals surface area contributed by atoms with Crippen LogP contribution in [0.5, 0.6) is 5.75 Å². The summed E-state index contributed by atoms with van der Waals surface area (Å²) in [5.41, 5.74) is 0.985. The average Bonchev–Trinajstić information content (AvgIpc) is 2.92. The third-order valence-electron chi connectivity index (χ3n) is 5.94. The van der Waals surface area contributed by atoms with Gasteiger partial charge >= 0.3 is 0 Å². The summed E-state index contributed by atoms with van der Waals surface area (Å²) in [6.07, 6.45) is 0.325. The maximum absolute atomic E-state index is 13.8. The van der Waals surface area contributed by atoms with Gasteiger partial charge in [0.2, 0.25) is 11.8 Å². The van der Waals surface area contributed by atoms with E-state index in [9.17, 15) is 18.0 Å². The van der Waals surface area contributed by atoms with Crippen molar-refractivity contribution in [2.75, 3.05) is 25.0 Å². The molecule has 1 atom stereocenters. The number of nitrogens with one attached hydrogen (secondary N) is 1. The minimum atomic E-state index is -4.19. The molecule has 0 aliphatic rings. The molecule has 1 N–H and O–H groups in total. The van der Waals surface area contributed by atoms with Crippen molar-refractivity contribution in [3.8, 4) is 5.75 Å². The fourth-order valence-corrected chi connectivity index (χ4v) is 5.55. The lowest BCUT2D eigenvalue weighted by Crippen LogP contribution is -2.51. The minimum Gasteiger partial charge on any atom is -0.497 e. The number of rotatable bonds is 11. The van der Waals surface area contributed by atoms with Gasteiger partial charge in [0.05, 0.1) is 17.7 Å². The zero-order valence-corrected chi connectivity index (χ0v) is 23.6. The molecule has 11 heteroatoms. The molecule has 0 fully saturated rings. The van der Waals surface area contributed by atoms with Gasteiger partial charge in [-0.15, -0.1) is 0 Å². The van der Waals surface area contributed by atoms with Crippen LogP contribution in [0.1, 0.15) is 18.9 Å². The summed E-state index contributed by atoms with van der Waals surface area (Å²) in [5, 5.41) is 3.54. The second-order valence-corrected chi connectivity index (χ2v) is 11.1. The van der Waals surface area contributed by atoms with Gasteiger partial charge in [0.1, 0.15) is 18.3 Å². The van der Waals surface area contributed by atoms with Gasteiger partial charge in [-0.1, -0.05) is 42.3 Å². The molecular weight excluding hydrogens is 549 g/mol. The molecule has 0 aromatic heterocycles. The van der Waals surface area contributed by atoms with Gasteiger partial charge in [-0.3, -0.25) is 13.9 Å². The number of likely N-dealkylation sites (N-methyl/N-ethyl adjacent to an activating group) is 1. The first kappa shape index (κ1) is 29.3. The Hall–Kier alpha value is -3.27. The number of benzene rings is 3. The van der Waals surface area contributed by atoms with Crippen molar-refractivity contribution in [3.63, 3.8) is 0 Å². The third-order valence-corrected chi connectivity index (χ3v) is 8.23. The van der Waals surface area contributed by atoms with E-state index in [-0.39, 0.29) is 23.0 Å². The van der Waals surface area contributed by atoms with Crippen molar-refractivity contribution in [2.24, 2.45) is 0 Å². The second-order valence-electron chi connectivity index (χ2n) is 8.35. The molecule has 0 saturated carbocycles. The predicted octanol–water partition coefficient (Wildman–Crippen LogP) is 4.75. The quantitative estimate of drug-likeness (QED) is 0.354. The Labute approximate surface area is 233 Å². The molecule has 0 aliphatic heterocycles. The zero-order valence-electron chi connectivity index (χ0n) is 21.2. The Bertz CT molecular complexity index is 1350. The molecule has 0 heterocycles. The van der Waals surface area contributed by atoms with E-state index in [1.165, 1.54) is 55.5 Å². The zero-order chi connectivity index (χ0) is 27.9. The smallest absolute Gasteiger partial charge is 0.264 e. The van der Waals surface area contributed by atoms with Crippen molar-refractivity contribution >= 4 is 50.7 Å². The van der Waals surface area contributed by atoms with E-state index >= 15 is 0 Å². The summed E-state index contributed by atoms with van der Waals surface area (Å²) < 4.78 is 33.7. The molecule has 3 aromatic carbocycles. The fourth-order valence-electron chi connectivity index (χ4n) is 3.88. The standard InChI is InChI=1S/C27H29Cl2N3O5S/c1-4-25(27(34)30-2)31(17-19-5-7-20(28)8-6-19)26(33)18-32(22-11-9-21(29)10-12-22)38(35,36)24-15-13-23(37-3)14-16-24/h5-16,25H,4,17-18H2,1-3H3,(H,30,34)/t25-/m1/s1. The van der Waals surface area contributed by atoms with Crippen LogP contribution in [0.2, 0.25) is 10.0 Å². The first-order valence-corrected chi connectivity index (χ1v) is 14.0. The molecule has 202 valence electrons. The lowest BCUT2D eigenvalue weighted by molar-refractivity contribution is -0.140. The van der Waals surface area contributed by atoms with Gasteiger partial charge in [-0.2, -0.15) is 0 Å². The van der Waals surface area contributed by atoms with Gasteiger partial charge < -0.3 is 15.0 Å². The van der Waals surface area contributed by atoms with Gasteiger partial charge in [0, 0.05) is 23.6 Å². The van der Waals surface area contributed by atoms with Crippen molar-refractivity contribution in [1.82, 2.24) is 10.2 Å². The van der Waals surface area contributed by atoms with Crippen LogP contribution in [0.4, 0.5) is 5.69 Å². The fraction of sp³-hybridized carbons (Fsp3) is 0.259. The van der Waals surface area contributed by atoms with E-state index < -0.39 is 28.5 Å². The van der Waals surface area contributed by atoms with E-state index in [0.29, 0.717) is 22.2 Å². The van der Waals surface area contributed by atoms with Crippen LogP contribution in [-0.2, 0) is 26.2 Å². The van der Waals surface area contributed by atoms with Crippen molar-refractivity contribution < 1.29 is 22.7 Å². The van der Waals surface area contributed by atoms with Crippen LogP contribution in [0.3, 0.4) is 0 Å². The molecular formula is C27H29Cl2N3O5S. The van der Waals surface area contributed by atoms with Gasteiger partial charge in [0.25, 0.3) is 10.0 Å². The molecule has 38 heavy (non-hydrogen) atoms. The second kappa shape index (κ2) is 13.0. The van der Waals surface area contributed by atoms with E-state index in [1.54, 1.807) is 43.3 Å². The first-order valence-electron chi connectivity index (χ1n) is 11.8. The normalized spacial score (nSPS) is 11.9.